The molecular formula is C17H16O3S2. The molecule has 2 aromatic rings. The zero-order valence-corrected chi connectivity index (χ0v) is 13.8. The Hall–Kier alpha value is -1.59. The second-order valence-electron chi connectivity index (χ2n) is 4.76. The zero-order valence-electron chi connectivity index (χ0n) is 12.2. The van der Waals surface area contributed by atoms with Gasteiger partial charge in [-0.3, -0.25) is 0 Å². The van der Waals surface area contributed by atoms with Crippen LogP contribution in [0.2, 0.25) is 0 Å². The first kappa shape index (κ1) is 15.3. The Morgan fingerprint density at radius 3 is 2.14 bits per heavy atom. The number of rotatable bonds is 4. The summed E-state index contributed by atoms with van der Waals surface area (Å²) in [4.78, 5) is 12.1. The standard InChI is InChI=1S/C17H16O3S2/c1-19-14-6-8-15(9-7-14)20-16(18)12-2-4-13(5-3-12)17-21-10-11-22-17/h2-9,17H,10-11H2,1H3. The van der Waals surface area contributed by atoms with Gasteiger partial charge in [0.1, 0.15) is 11.5 Å². The summed E-state index contributed by atoms with van der Waals surface area (Å²) in [6.07, 6.45) is 0. The van der Waals surface area contributed by atoms with Crippen molar-refractivity contribution >= 4 is 29.5 Å². The fourth-order valence-electron chi connectivity index (χ4n) is 2.14. The fraction of sp³-hybridized carbons (Fsp3) is 0.235. The van der Waals surface area contributed by atoms with Gasteiger partial charge in [-0.05, 0) is 42.0 Å². The summed E-state index contributed by atoms with van der Waals surface area (Å²) >= 11 is 3.90. The molecule has 1 heterocycles. The van der Waals surface area contributed by atoms with Gasteiger partial charge in [0.15, 0.2) is 0 Å². The summed E-state index contributed by atoms with van der Waals surface area (Å²) in [6.45, 7) is 0. The Morgan fingerprint density at radius 1 is 0.955 bits per heavy atom. The minimum absolute atomic E-state index is 0.344. The number of carbonyl (C=O) groups excluding carboxylic acids is 1. The van der Waals surface area contributed by atoms with Gasteiger partial charge in [-0.15, -0.1) is 23.5 Å². The molecule has 1 saturated heterocycles. The van der Waals surface area contributed by atoms with Crippen molar-refractivity contribution in [2.24, 2.45) is 0 Å². The third-order valence-electron chi connectivity index (χ3n) is 3.31. The van der Waals surface area contributed by atoms with Crippen LogP contribution in [-0.4, -0.2) is 24.6 Å². The molecule has 0 aliphatic carbocycles. The highest BCUT2D eigenvalue weighted by atomic mass is 32.2. The lowest BCUT2D eigenvalue weighted by Gasteiger charge is -2.09. The lowest BCUT2D eigenvalue weighted by atomic mass is 10.1. The topological polar surface area (TPSA) is 35.5 Å². The quantitative estimate of drug-likeness (QED) is 0.613. The first-order valence-electron chi connectivity index (χ1n) is 6.95. The van der Waals surface area contributed by atoms with E-state index in [1.54, 1.807) is 31.4 Å². The van der Waals surface area contributed by atoms with Crippen molar-refractivity contribution in [3.8, 4) is 11.5 Å². The summed E-state index contributed by atoms with van der Waals surface area (Å²) < 4.78 is 10.9. The molecule has 0 saturated carbocycles. The van der Waals surface area contributed by atoms with E-state index in [2.05, 4.69) is 0 Å². The highest BCUT2D eigenvalue weighted by molar-refractivity contribution is 8.19. The van der Waals surface area contributed by atoms with E-state index in [1.807, 2.05) is 47.8 Å². The van der Waals surface area contributed by atoms with Crippen LogP contribution in [0.1, 0.15) is 20.5 Å². The molecule has 0 radical (unpaired) electrons. The Labute approximate surface area is 138 Å². The Balaban J connectivity index is 1.66. The van der Waals surface area contributed by atoms with Gasteiger partial charge in [0.2, 0.25) is 0 Å². The third kappa shape index (κ3) is 3.59. The number of carbonyl (C=O) groups is 1. The molecule has 0 amide bonds. The number of methoxy groups -OCH3 is 1. The van der Waals surface area contributed by atoms with E-state index in [4.69, 9.17) is 9.47 Å². The van der Waals surface area contributed by atoms with Gasteiger partial charge in [0.05, 0.1) is 17.3 Å². The Morgan fingerprint density at radius 2 is 1.55 bits per heavy atom. The highest BCUT2D eigenvalue weighted by Gasteiger charge is 2.18. The van der Waals surface area contributed by atoms with Crippen LogP contribution in [0.25, 0.3) is 0 Å². The number of esters is 1. The minimum Gasteiger partial charge on any atom is -0.497 e. The second kappa shape index (κ2) is 7.11. The Bertz CT molecular complexity index is 632. The zero-order chi connectivity index (χ0) is 15.4. The number of hydrogen-bond donors (Lipinski definition) is 0. The summed E-state index contributed by atoms with van der Waals surface area (Å²) in [7, 11) is 1.60. The van der Waals surface area contributed by atoms with E-state index in [0.29, 0.717) is 15.9 Å². The van der Waals surface area contributed by atoms with Crippen LogP contribution in [-0.2, 0) is 0 Å². The Kier molecular flexibility index (Phi) is 4.95. The van der Waals surface area contributed by atoms with Gasteiger partial charge in [-0.2, -0.15) is 0 Å². The van der Waals surface area contributed by atoms with E-state index in [0.717, 1.165) is 5.75 Å². The number of benzene rings is 2. The molecule has 1 aliphatic rings. The predicted molar refractivity (Wildman–Crippen MR) is 92.1 cm³/mol. The lowest BCUT2D eigenvalue weighted by molar-refractivity contribution is 0.0734. The molecule has 0 aromatic heterocycles. The normalized spacial score (nSPS) is 14.8. The van der Waals surface area contributed by atoms with Gasteiger partial charge in [-0.1, -0.05) is 12.1 Å². The van der Waals surface area contributed by atoms with Crippen molar-refractivity contribution in [1.29, 1.82) is 0 Å². The van der Waals surface area contributed by atoms with E-state index in [9.17, 15) is 4.79 Å². The van der Waals surface area contributed by atoms with E-state index in [-0.39, 0.29) is 5.97 Å². The van der Waals surface area contributed by atoms with Crippen molar-refractivity contribution in [3.63, 3.8) is 0 Å². The fourth-order valence-corrected chi connectivity index (χ4v) is 5.00. The molecule has 2 aromatic carbocycles. The maximum Gasteiger partial charge on any atom is 0.343 e. The molecular weight excluding hydrogens is 316 g/mol. The number of hydrogen-bond acceptors (Lipinski definition) is 5. The second-order valence-corrected chi connectivity index (χ2v) is 7.48. The van der Waals surface area contributed by atoms with Crippen LogP contribution >= 0.6 is 23.5 Å². The number of thioether (sulfide) groups is 2. The molecule has 3 nitrogen and oxygen atoms in total. The summed E-state index contributed by atoms with van der Waals surface area (Å²) in [5, 5.41) is 0. The molecule has 5 heteroatoms. The molecule has 114 valence electrons. The van der Waals surface area contributed by atoms with Gasteiger partial charge in [-0.25, -0.2) is 4.79 Å². The van der Waals surface area contributed by atoms with E-state index in [1.165, 1.54) is 17.1 Å². The summed E-state index contributed by atoms with van der Waals surface area (Å²) in [5.74, 6) is 3.28. The van der Waals surface area contributed by atoms with Gasteiger partial charge in [0, 0.05) is 11.5 Å². The molecule has 0 spiro atoms. The van der Waals surface area contributed by atoms with Crippen LogP contribution in [0.3, 0.4) is 0 Å². The third-order valence-corrected chi connectivity index (χ3v) is 6.41. The average molecular weight is 332 g/mol. The minimum atomic E-state index is -0.344. The summed E-state index contributed by atoms with van der Waals surface area (Å²) in [5.41, 5.74) is 1.82. The molecule has 1 fully saturated rings. The van der Waals surface area contributed by atoms with Crippen LogP contribution in [0.5, 0.6) is 11.5 Å². The van der Waals surface area contributed by atoms with Crippen molar-refractivity contribution in [2.75, 3.05) is 18.6 Å². The highest BCUT2D eigenvalue weighted by Crippen LogP contribution is 2.45. The van der Waals surface area contributed by atoms with Crippen LogP contribution in [0.15, 0.2) is 48.5 Å². The van der Waals surface area contributed by atoms with Crippen LogP contribution < -0.4 is 9.47 Å². The van der Waals surface area contributed by atoms with Crippen molar-refractivity contribution in [3.05, 3.63) is 59.7 Å². The SMILES string of the molecule is COc1ccc(OC(=O)c2ccc(C3SCCS3)cc2)cc1. The first-order chi connectivity index (χ1) is 10.8. The molecule has 0 N–H and O–H groups in total. The molecule has 3 rings (SSSR count). The lowest BCUT2D eigenvalue weighted by Crippen LogP contribution is -2.08. The smallest absolute Gasteiger partial charge is 0.343 e. The van der Waals surface area contributed by atoms with Crippen molar-refractivity contribution in [1.82, 2.24) is 0 Å². The van der Waals surface area contributed by atoms with Gasteiger partial charge < -0.3 is 9.47 Å². The average Bonchev–Trinajstić information content (AvgIpc) is 3.10. The largest absolute Gasteiger partial charge is 0.497 e. The molecule has 0 atom stereocenters. The number of ether oxygens (including phenoxy) is 2. The van der Waals surface area contributed by atoms with Gasteiger partial charge >= 0.3 is 5.97 Å². The van der Waals surface area contributed by atoms with Crippen molar-refractivity contribution < 1.29 is 14.3 Å². The molecule has 22 heavy (non-hydrogen) atoms. The molecule has 0 unspecified atom stereocenters. The molecule has 1 aliphatic heterocycles. The predicted octanol–water partition coefficient (Wildman–Crippen LogP) is 4.39. The first-order valence-corrected chi connectivity index (χ1v) is 9.05. The maximum absolute atomic E-state index is 12.1. The van der Waals surface area contributed by atoms with E-state index < -0.39 is 0 Å². The maximum atomic E-state index is 12.1. The van der Waals surface area contributed by atoms with Crippen LogP contribution in [0, 0.1) is 0 Å². The summed E-state index contributed by atoms with van der Waals surface area (Å²) in [6, 6.07) is 14.7. The van der Waals surface area contributed by atoms with Crippen molar-refractivity contribution in [2.45, 2.75) is 4.58 Å². The molecule has 0 bridgehead atoms. The van der Waals surface area contributed by atoms with Gasteiger partial charge in [0.25, 0.3) is 0 Å². The monoisotopic (exact) mass is 332 g/mol. The van der Waals surface area contributed by atoms with E-state index >= 15 is 0 Å². The van der Waals surface area contributed by atoms with Crippen LogP contribution in [0.4, 0.5) is 0 Å².